The summed E-state index contributed by atoms with van der Waals surface area (Å²) in [6.07, 6.45) is 1.93. The molecule has 0 bridgehead atoms. The zero-order chi connectivity index (χ0) is 20.5. The van der Waals surface area contributed by atoms with Gasteiger partial charge in [0.15, 0.2) is 0 Å². The summed E-state index contributed by atoms with van der Waals surface area (Å²) in [4.78, 5) is 28.4. The third-order valence-corrected chi connectivity index (χ3v) is 4.20. The van der Waals surface area contributed by atoms with Crippen molar-refractivity contribution in [1.29, 1.82) is 0 Å². The lowest BCUT2D eigenvalue weighted by Gasteiger charge is -2.08. The molecule has 0 saturated carbocycles. The molecule has 6 heteroatoms. The van der Waals surface area contributed by atoms with E-state index in [2.05, 4.69) is 15.6 Å². The third kappa shape index (κ3) is 6.46. The molecule has 148 valence electrons. The Morgan fingerprint density at radius 3 is 2.48 bits per heavy atom. The molecule has 0 spiro atoms. The summed E-state index contributed by atoms with van der Waals surface area (Å²) in [7, 11) is 0. The van der Waals surface area contributed by atoms with Crippen LogP contribution in [0.1, 0.15) is 27.9 Å². The van der Waals surface area contributed by atoms with E-state index in [9.17, 15) is 9.59 Å². The number of aromatic nitrogens is 1. The fourth-order valence-electron chi connectivity index (χ4n) is 2.63. The van der Waals surface area contributed by atoms with Gasteiger partial charge in [-0.3, -0.25) is 9.59 Å². The molecule has 0 fully saturated rings. The maximum Gasteiger partial charge on any atom is 0.256 e. The average Bonchev–Trinajstić information content (AvgIpc) is 2.73. The fraction of sp³-hybridized carbons (Fsp3) is 0.174. The van der Waals surface area contributed by atoms with E-state index in [1.807, 2.05) is 61.5 Å². The minimum atomic E-state index is -0.225. The van der Waals surface area contributed by atoms with Crippen molar-refractivity contribution in [3.8, 4) is 5.75 Å². The summed E-state index contributed by atoms with van der Waals surface area (Å²) < 4.78 is 5.52. The van der Waals surface area contributed by atoms with Gasteiger partial charge in [-0.05, 0) is 54.4 Å². The first-order valence-electron chi connectivity index (χ1n) is 9.37. The Morgan fingerprint density at radius 1 is 1.00 bits per heavy atom. The number of ether oxygens (including phenoxy) is 1. The van der Waals surface area contributed by atoms with E-state index in [4.69, 9.17) is 4.74 Å². The summed E-state index contributed by atoms with van der Waals surface area (Å²) >= 11 is 0. The van der Waals surface area contributed by atoms with Crippen molar-refractivity contribution in [2.75, 3.05) is 11.9 Å². The van der Waals surface area contributed by atoms with Crippen molar-refractivity contribution in [2.24, 2.45) is 0 Å². The second-order valence-corrected chi connectivity index (χ2v) is 6.56. The van der Waals surface area contributed by atoms with Crippen LogP contribution in [0.15, 0.2) is 72.9 Å². The number of para-hydroxylation sites is 1. The SMILES string of the molecule is Cc1ccnc(NC(=O)c2ccc(CNC(=O)CCOc3ccccc3)cc2)c1. The molecule has 1 aromatic heterocycles. The van der Waals surface area contributed by atoms with Crippen LogP contribution in [0, 0.1) is 6.92 Å². The van der Waals surface area contributed by atoms with Crippen molar-refractivity contribution in [3.05, 3.63) is 89.6 Å². The number of hydrogen-bond donors (Lipinski definition) is 2. The number of pyridine rings is 1. The molecule has 2 N–H and O–H groups in total. The number of benzene rings is 2. The van der Waals surface area contributed by atoms with Gasteiger partial charge in [0.1, 0.15) is 11.6 Å². The average molecular weight is 389 g/mol. The van der Waals surface area contributed by atoms with Gasteiger partial charge in [-0.25, -0.2) is 4.98 Å². The molecule has 2 amide bonds. The standard InChI is InChI=1S/C23H23N3O3/c1-17-11-13-24-21(15-17)26-23(28)19-9-7-18(8-10-19)16-25-22(27)12-14-29-20-5-3-2-4-6-20/h2-11,13,15H,12,14,16H2,1H3,(H,25,27)(H,24,26,28). The number of nitrogens with one attached hydrogen (secondary N) is 2. The Labute approximate surface area is 169 Å². The van der Waals surface area contributed by atoms with E-state index in [0.29, 0.717) is 24.5 Å². The van der Waals surface area contributed by atoms with Gasteiger partial charge in [0, 0.05) is 18.3 Å². The van der Waals surface area contributed by atoms with Crippen molar-refractivity contribution in [2.45, 2.75) is 19.9 Å². The third-order valence-electron chi connectivity index (χ3n) is 4.20. The highest BCUT2D eigenvalue weighted by Crippen LogP contribution is 2.10. The molecule has 0 radical (unpaired) electrons. The summed E-state index contributed by atoms with van der Waals surface area (Å²) in [6.45, 7) is 2.65. The lowest BCUT2D eigenvalue weighted by Crippen LogP contribution is -2.24. The molecule has 0 atom stereocenters. The first kappa shape index (κ1) is 20.1. The van der Waals surface area contributed by atoms with E-state index in [0.717, 1.165) is 16.9 Å². The van der Waals surface area contributed by atoms with Gasteiger partial charge in [-0.1, -0.05) is 30.3 Å². The first-order valence-corrected chi connectivity index (χ1v) is 9.37. The second kappa shape index (κ2) is 10.0. The minimum Gasteiger partial charge on any atom is -0.493 e. The maximum absolute atomic E-state index is 12.3. The lowest BCUT2D eigenvalue weighted by molar-refractivity contribution is -0.121. The Morgan fingerprint density at radius 2 is 1.76 bits per heavy atom. The number of hydrogen-bond acceptors (Lipinski definition) is 4. The number of amides is 2. The monoisotopic (exact) mass is 389 g/mol. The van der Waals surface area contributed by atoms with Crippen LogP contribution in [0.2, 0.25) is 0 Å². The van der Waals surface area contributed by atoms with E-state index < -0.39 is 0 Å². The molecular weight excluding hydrogens is 366 g/mol. The van der Waals surface area contributed by atoms with Crippen LogP contribution in [0.4, 0.5) is 5.82 Å². The van der Waals surface area contributed by atoms with Gasteiger partial charge in [0.25, 0.3) is 5.91 Å². The zero-order valence-electron chi connectivity index (χ0n) is 16.2. The topological polar surface area (TPSA) is 80.3 Å². The number of anilines is 1. The molecule has 3 aromatic rings. The van der Waals surface area contributed by atoms with Crippen molar-refractivity contribution >= 4 is 17.6 Å². The summed E-state index contributed by atoms with van der Waals surface area (Å²) in [6, 6.07) is 20.2. The predicted molar refractivity (Wildman–Crippen MR) is 112 cm³/mol. The van der Waals surface area contributed by atoms with Crippen LogP contribution in [0.3, 0.4) is 0 Å². The highest BCUT2D eigenvalue weighted by atomic mass is 16.5. The number of nitrogens with zero attached hydrogens (tertiary/aromatic N) is 1. The molecule has 29 heavy (non-hydrogen) atoms. The quantitative estimate of drug-likeness (QED) is 0.615. The van der Waals surface area contributed by atoms with Crippen LogP contribution < -0.4 is 15.4 Å². The molecule has 0 aliphatic rings. The fourth-order valence-corrected chi connectivity index (χ4v) is 2.63. The van der Waals surface area contributed by atoms with Gasteiger partial charge >= 0.3 is 0 Å². The van der Waals surface area contributed by atoms with Crippen molar-refractivity contribution in [3.63, 3.8) is 0 Å². The molecule has 0 unspecified atom stereocenters. The molecule has 2 aromatic carbocycles. The van der Waals surface area contributed by atoms with E-state index in [1.54, 1.807) is 18.3 Å². The number of carbonyl (C=O) groups excluding carboxylic acids is 2. The summed E-state index contributed by atoms with van der Waals surface area (Å²) in [5.41, 5.74) is 2.46. The van der Waals surface area contributed by atoms with Crippen LogP contribution in [-0.2, 0) is 11.3 Å². The highest BCUT2D eigenvalue weighted by Gasteiger charge is 2.08. The van der Waals surface area contributed by atoms with Gasteiger partial charge < -0.3 is 15.4 Å². The normalized spacial score (nSPS) is 10.2. The largest absolute Gasteiger partial charge is 0.493 e. The molecule has 0 aliphatic heterocycles. The molecule has 3 rings (SSSR count). The Kier molecular flexibility index (Phi) is 6.95. The minimum absolute atomic E-state index is 0.0896. The van der Waals surface area contributed by atoms with Crippen molar-refractivity contribution < 1.29 is 14.3 Å². The van der Waals surface area contributed by atoms with Crippen LogP contribution >= 0.6 is 0 Å². The Bertz CT molecular complexity index is 957. The van der Waals surface area contributed by atoms with Gasteiger partial charge in [-0.15, -0.1) is 0 Å². The maximum atomic E-state index is 12.3. The second-order valence-electron chi connectivity index (χ2n) is 6.56. The molecular formula is C23H23N3O3. The number of rotatable bonds is 8. The smallest absolute Gasteiger partial charge is 0.256 e. The van der Waals surface area contributed by atoms with Crippen LogP contribution in [0.25, 0.3) is 0 Å². The molecule has 0 aliphatic carbocycles. The van der Waals surface area contributed by atoms with Gasteiger partial charge in [0.2, 0.25) is 5.91 Å². The number of carbonyl (C=O) groups is 2. The van der Waals surface area contributed by atoms with Crippen molar-refractivity contribution in [1.82, 2.24) is 10.3 Å². The molecule has 0 saturated heterocycles. The Hall–Kier alpha value is -3.67. The summed E-state index contributed by atoms with van der Waals surface area (Å²) in [5, 5.41) is 5.62. The van der Waals surface area contributed by atoms with Gasteiger partial charge in [-0.2, -0.15) is 0 Å². The lowest BCUT2D eigenvalue weighted by atomic mass is 10.1. The Balaban J connectivity index is 1.42. The van der Waals surface area contributed by atoms with E-state index in [-0.39, 0.29) is 18.2 Å². The van der Waals surface area contributed by atoms with Crippen LogP contribution in [0.5, 0.6) is 5.75 Å². The van der Waals surface area contributed by atoms with Gasteiger partial charge in [0.05, 0.1) is 13.0 Å². The summed E-state index contributed by atoms with van der Waals surface area (Å²) in [5.74, 6) is 0.948. The van der Waals surface area contributed by atoms with E-state index >= 15 is 0 Å². The van der Waals surface area contributed by atoms with Crippen LogP contribution in [-0.4, -0.2) is 23.4 Å². The molecule has 6 nitrogen and oxygen atoms in total. The highest BCUT2D eigenvalue weighted by molar-refractivity contribution is 6.03. The predicted octanol–water partition coefficient (Wildman–Crippen LogP) is 3.73. The number of aryl methyl sites for hydroxylation is 1. The first-order chi connectivity index (χ1) is 14.1. The van der Waals surface area contributed by atoms with E-state index in [1.165, 1.54) is 0 Å². The zero-order valence-corrected chi connectivity index (χ0v) is 16.2. The molecule has 1 heterocycles.